The number of H-pyrrole nitrogens is 1. The number of rotatable bonds is 5. The largest absolute Gasteiger partial charge is 0.333 e. The molecule has 1 aliphatic carbocycles. The first kappa shape index (κ1) is 23.0. The summed E-state index contributed by atoms with van der Waals surface area (Å²) in [5.41, 5.74) is 1.71. The molecule has 34 heavy (non-hydrogen) atoms. The fourth-order valence-corrected chi connectivity index (χ4v) is 5.65. The molecule has 1 saturated heterocycles. The number of alkyl halides is 2. The molecule has 182 valence electrons. The van der Waals surface area contributed by atoms with Gasteiger partial charge in [0.2, 0.25) is 5.92 Å². The first-order valence-electron chi connectivity index (χ1n) is 12.2. The highest BCUT2D eigenvalue weighted by Crippen LogP contribution is 2.37. The van der Waals surface area contributed by atoms with E-state index < -0.39 is 17.2 Å². The molecule has 2 atom stereocenters. The number of likely N-dealkylation sites (tertiary alicyclic amines) is 1. The van der Waals surface area contributed by atoms with Crippen LogP contribution in [0.15, 0.2) is 46.4 Å². The lowest BCUT2D eigenvalue weighted by Gasteiger charge is -2.41. The van der Waals surface area contributed by atoms with Gasteiger partial charge in [-0.3, -0.25) is 14.3 Å². The molecule has 1 saturated carbocycles. The zero-order chi connectivity index (χ0) is 23.9. The van der Waals surface area contributed by atoms with Crippen molar-refractivity contribution in [3.05, 3.63) is 63.2 Å². The molecule has 2 fully saturated rings. The Morgan fingerprint density at radius 3 is 2.65 bits per heavy atom. The van der Waals surface area contributed by atoms with Gasteiger partial charge in [0, 0.05) is 43.9 Å². The van der Waals surface area contributed by atoms with Crippen LogP contribution in [-0.4, -0.2) is 49.1 Å². The molecule has 0 bridgehead atoms. The minimum absolute atomic E-state index is 0.0345. The summed E-state index contributed by atoms with van der Waals surface area (Å²) >= 11 is 0. The van der Waals surface area contributed by atoms with Crippen molar-refractivity contribution < 1.29 is 8.78 Å². The van der Waals surface area contributed by atoms with Crippen LogP contribution >= 0.6 is 0 Å². The van der Waals surface area contributed by atoms with Crippen molar-refractivity contribution in [2.75, 3.05) is 13.1 Å². The van der Waals surface area contributed by atoms with Crippen LogP contribution in [-0.2, 0) is 6.42 Å². The van der Waals surface area contributed by atoms with Gasteiger partial charge in [-0.25, -0.2) is 18.1 Å². The molecule has 1 N–H and O–H groups in total. The summed E-state index contributed by atoms with van der Waals surface area (Å²) < 4.78 is 30.1. The average molecular weight is 472 g/mol. The van der Waals surface area contributed by atoms with Gasteiger partial charge in [0.25, 0.3) is 5.56 Å². The molecule has 7 nitrogen and oxygen atoms in total. The number of nitrogens with one attached hydrogen (secondary N) is 1. The second-order valence-electron chi connectivity index (χ2n) is 10.1. The third-order valence-corrected chi connectivity index (χ3v) is 7.63. The Hall–Kier alpha value is -2.81. The number of pyridine rings is 1. The van der Waals surface area contributed by atoms with Crippen LogP contribution in [0.5, 0.6) is 0 Å². The lowest BCUT2D eigenvalue weighted by Crippen LogP contribution is -2.44. The van der Waals surface area contributed by atoms with Gasteiger partial charge >= 0.3 is 5.69 Å². The molecule has 0 unspecified atom stereocenters. The van der Waals surface area contributed by atoms with Crippen molar-refractivity contribution in [1.82, 2.24) is 24.1 Å². The van der Waals surface area contributed by atoms with E-state index in [1.54, 1.807) is 10.7 Å². The molecule has 0 amide bonds. The summed E-state index contributed by atoms with van der Waals surface area (Å²) in [5.74, 6) is -1.53. The maximum atomic E-state index is 13.5. The Morgan fingerprint density at radius 1 is 1.12 bits per heavy atom. The van der Waals surface area contributed by atoms with E-state index in [0.29, 0.717) is 36.4 Å². The first-order chi connectivity index (χ1) is 16.3. The number of hydrogen-bond acceptors (Lipinski definition) is 4. The normalized spacial score (nSPS) is 24.0. The molecule has 5 rings (SSSR count). The van der Waals surface area contributed by atoms with E-state index in [2.05, 4.69) is 34.0 Å². The summed E-state index contributed by atoms with van der Waals surface area (Å²) in [4.78, 5) is 28.4. The number of piperidine rings is 1. The Bertz CT molecular complexity index is 1270. The average Bonchev–Trinajstić information content (AvgIpc) is 3.20. The van der Waals surface area contributed by atoms with Gasteiger partial charge in [-0.15, -0.1) is 0 Å². The van der Waals surface area contributed by atoms with E-state index in [4.69, 9.17) is 0 Å². The monoisotopic (exact) mass is 471 g/mol. The van der Waals surface area contributed by atoms with Gasteiger partial charge in [0.1, 0.15) is 0 Å². The predicted octanol–water partition coefficient (Wildman–Crippen LogP) is 3.64. The van der Waals surface area contributed by atoms with Crippen LogP contribution in [0.1, 0.15) is 51.0 Å². The van der Waals surface area contributed by atoms with Crippen LogP contribution in [0.4, 0.5) is 8.78 Å². The Morgan fingerprint density at radius 2 is 1.91 bits per heavy atom. The SMILES string of the molecule is C[C@H]1C[C@@H](Cc2ccn3ncc(-n4ccc(=O)[nH]c4=O)c3c2)CCN1CC1CCC(F)(F)CC1. The highest BCUT2D eigenvalue weighted by Gasteiger charge is 2.36. The Balaban J connectivity index is 1.24. The van der Waals surface area contributed by atoms with Gasteiger partial charge < -0.3 is 4.90 Å². The standard InChI is InChI=1S/C25H31F2N5O2/c1-17-12-19(4-9-30(17)16-18-2-7-25(26,27)8-3-18)13-20-5-11-32-21(14-20)22(15-28-32)31-10-6-23(33)29-24(31)34/h5-6,10-11,14-15,17-19H,2-4,7-9,12-13,16H2,1H3,(H,29,33,34)/t17-,19-/m0/s1. The quantitative estimate of drug-likeness (QED) is 0.617. The second-order valence-corrected chi connectivity index (χ2v) is 10.1. The highest BCUT2D eigenvalue weighted by atomic mass is 19.3. The minimum Gasteiger partial charge on any atom is -0.300 e. The van der Waals surface area contributed by atoms with Crippen molar-refractivity contribution >= 4 is 5.52 Å². The van der Waals surface area contributed by atoms with Crippen molar-refractivity contribution in [3.63, 3.8) is 0 Å². The number of fused-ring (bicyclic) bond motifs is 1. The van der Waals surface area contributed by atoms with E-state index in [9.17, 15) is 18.4 Å². The molecule has 3 aromatic heterocycles. The van der Waals surface area contributed by atoms with Crippen molar-refractivity contribution in [1.29, 1.82) is 0 Å². The number of nitrogens with zero attached hydrogens (tertiary/aromatic N) is 4. The zero-order valence-corrected chi connectivity index (χ0v) is 19.4. The van der Waals surface area contributed by atoms with E-state index in [0.717, 1.165) is 37.9 Å². The number of aromatic nitrogens is 4. The molecule has 0 aromatic carbocycles. The van der Waals surface area contributed by atoms with Gasteiger partial charge in [-0.05, 0) is 75.1 Å². The Kier molecular flexibility index (Phi) is 6.14. The van der Waals surface area contributed by atoms with E-state index in [-0.39, 0.29) is 12.8 Å². The zero-order valence-electron chi connectivity index (χ0n) is 19.4. The molecular formula is C25H31F2N5O2. The van der Waals surface area contributed by atoms with Crippen LogP contribution in [0, 0.1) is 11.8 Å². The smallest absolute Gasteiger partial charge is 0.300 e. The summed E-state index contributed by atoms with van der Waals surface area (Å²) in [7, 11) is 0. The molecule has 4 heterocycles. The van der Waals surface area contributed by atoms with Crippen molar-refractivity contribution in [3.8, 4) is 5.69 Å². The summed E-state index contributed by atoms with van der Waals surface area (Å²) in [6, 6.07) is 5.90. The molecule has 0 radical (unpaired) electrons. The predicted molar refractivity (Wildman–Crippen MR) is 126 cm³/mol. The lowest BCUT2D eigenvalue weighted by atomic mass is 9.83. The third-order valence-electron chi connectivity index (χ3n) is 7.63. The van der Waals surface area contributed by atoms with Crippen LogP contribution in [0.3, 0.4) is 0 Å². The molecule has 9 heteroatoms. The molecule has 2 aliphatic rings. The number of aromatic amines is 1. The maximum Gasteiger partial charge on any atom is 0.333 e. The highest BCUT2D eigenvalue weighted by molar-refractivity contribution is 5.64. The summed E-state index contributed by atoms with van der Waals surface area (Å²) in [6.07, 6.45) is 9.44. The molecule has 1 aliphatic heterocycles. The molecular weight excluding hydrogens is 440 g/mol. The van der Waals surface area contributed by atoms with Crippen molar-refractivity contribution in [2.24, 2.45) is 11.8 Å². The topological polar surface area (TPSA) is 75.4 Å². The van der Waals surface area contributed by atoms with Crippen LogP contribution in [0.25, 0.3) is 11.2 Å². The van der Waals surface area contributed by atoms with E-state index in [1.807, 2.05) is 6.20 Å². The first-order valence-corrected chi connectivity index (χ1v) is 12.2. The maximum absolute atomic E-state index is 13.5. The van der Waals surface area contributed by atoms with Crippen LogP contribution < -0.4 is 11.2 Å². The summed E-state index contributed by atoms with van der Waals surface area (Å²) in [6.45, 7) is 4.19. The van der Waals surface area contributed by atoms with E-state index >= 15 is 0 Å². The molecule has 0 spiro atoms. The fraction of sp³-hybridized carbons (Fsp3) is 0.560. The third kappa shape index (κ3) is 4.85. The number of hydrogen-bond donors (Lipinski definition) is 1. The fourth-order valence-electron chi connectivity index (χ4n) is 5.65. The van der Waals surface area contributed by atoms with Crippen LogP contribution in [0.2, 0.25) is 0 Å². The molecule has 3 aromatic rings. The van der Waals surface area contributed by atoms with Gasteiger partial charge in [0.05, 0.1) is 17.4 Å². The Labute approximate surface area is 196 Å². The second kappa shape index (κ2) is 9.09. The summed E-state index contributed by atoms with van der Waals surface area (Å²) in [5, 5.41) is 4.34. The minimum atomic E-state index is -2.46. The van der Waals surface area contributed by atoms with Crippen molar-refractivity contribution in [2.45, 2.75) is 63.8 Å². The lowest BCUT2D eigenvalue weighted by molar-refractivity contribution is -0.0512. The van der Waals surface area contributed by atoms with E-state index in [1.165, 1.54) is 22.4 Å². The number of halogens is 2. The van der Waals surface area contributed by atoms with Gasteiger partial charge in [0.15, 0.2) is 0 Å². The van der Waals surface area contributed by atoms with Gasteiger partial charge in [-0.1, -0.05) is 0 Å². The van der Waals surface area contributed by atoms with Gasteiger partial charge in [-0.2, -0.15) is 5.10 Å².